The van der Waals surface area contributed by atoms with E-state index in [9.17, 15) is 22.8 Å². The van der Waals surface area contributed by atoms with Gasteiger partial charge in [0.1, 0.15) is 5.75 Å². The molecule has 174 valence electrons. The number of anilines is 1. The molecule has 0 amide bonds. The molecule has 0 N–H and O–H groups in total. The van der Waals surface area contributed by atoms with Gasteiger partial charge in [0.2, 0.25) is 0 Å². The smallest absolute Gasteiger partial charge is 0.416 e. The van der Waals surface area contributed by atoms with Gasteiger partial charge >= 0.3 is 12.1 Å². The van der Waals surface area contributed by atoms with E-state index in [1.165, 1.54) is 6.07 Å². The summed E-state index contributed by atoms with van der Waals surface area (Å²) in [6, 6.07) is 10.1. The van der Waals surface area contributed by atoms with Crippen molar-refractivity contribution in [3.05, 3.63) is 59.2 Å². The summed E-state index contributed by atoms with van der Waals surface area (Å²) in [4.78, 5) is 25.2. The van der Waals surface area contributed by atoms with Gasteiger partial charge in [0.25, 0.3) is 0 Å². The fourth-order valence-corrected chi connectivity index (χ4v) is 3.08. The van der Waals surface area contributed by atoms with Crippen LogP contribution in [0.5, 0.6) is 5.75 Å². The first-order valence-corrected chi connectivity index (χ1v) is 10.3. The molecule has 0 heterocycles. The van der Waals surface area contributed by atoms with Gasteiger partial charge < -0.3 is 14.4 Å². The highest BCUT2D eigenvalue weighted by molar-refractivity contribution is 5.85. The largest absolute Gasteiger partial charge is 0.497 e. The maximum absolute atomic E-state index is 13.3. The maximum atomic E-state index is 13.3. The van der Waals surface area contributed by atoms with Crippen LogP contribution in [0.4, 0.5) is 18.9 Å². The molecule has 0 aliphatic heterocycles. The minimum Gasteiger partial charge on any atom is -0.497 e. The Labute approximate surface area is 186 Å². The Bertz CT molecular complexity index is 895. The fourth-order valence-electron chi connectivity index (χ4n) is 3.08. The van der Waals surface area contributed by atoms with Crippen molar-refractivity contribution in [1.29, 1.82) is 0 Å². The molecule has 0 bridgehead atoms. The molecule has 2 rings (SSSR count). The number of nitrogens with zero attached hydrogens (tertiary/aromatic N) is 1. The fraction of sp³-hybridized carbons (Fsp3) is 0.417. The first-order chi connectivity index (χ1) is 15.1. The summed E-state index contributed by atoms with van der Waals surface area (Å²) in [5.41, 5.74) is 0.298. The Morgan fingerprint density at radius 1 is 1.12 bits per heavy atom. The van der Waals surface area contributed by atoms with E-state index >= 15 is 0 Å². The van der Waals surface area contributed by atoms with Crippen LogP contribution in [0.15, 0.2) is 42.5 Å². The SMILES string of the molecule is COc1ccc(CN(CCCC(=O)OCC(C)C)c2cc(C(F)(F)F)ccc2C=O)cc1. The topological polar surface area (TPSA) is 55.8 Å². The molecule has 0 aromatic heterocycles. The highest BCUT2D eigenvalue weighted by Crippen LogP contribution is 2.34. The van der Waals surface area contributed by atoms with Gasteiger partial charge in [-0.2, -0.15) is 13.2 Å². The predicted octanol–water partition coefficient (Wildman–Crippen LogP) is 5.51. The normalized spacial score (nSPS) is 11.3. The van der Waals surface area contributed by atoms with Crippen molar-refractivity contribution in [1.82, 2.24) is 0 Å². The van der Waals surface area contributed by atoms with Crippen molar-refractivity contribution in [2.24, 2.45) is 5.92 Å². The van der Waals surface area contributed by atoms with E-state index in [0.29, 0.717) is 25.1 Å². The van der Waals surface area contributed by atoms with Crippen LogP contribution < -0.4 is 9.64 Å². The van der Waals surface area contributed by atoms with Gasteiger partial charge in [-0.15, -0.1) is 0 Å². The maximum Gasteiger partial charge on any atom is 0.416 e. The quantitative estimate of drug-likeness (QED) is 0.333. The average Bonchev–Trinajstić information content (AvgIpc) is 2.76. The van der Waals surface area contributed by atoms with Crippen molar-refractivity contribution >= 4 is 17.9 Å². The van der Waals surface area contributed by atoms with E-state index in [1.807, 2.05) is 13.8 Å². The van der Waals surface area contributed by atoms with Crippen LogP contribution in [0.2, 0.25) is 0 Å². The molecule has 8 heteroatoms. The van der Waals surface area contributed by atoms with E-state index < -0.39 is 11.7 Å². The third-order valence-corrected chi connectivity index (χ3v) is 4.74. The molecule has 0 unspecified atom stereocenters. The van der Waals surface area contributed by atoms with Gasteiger partial charge in [-0.3, -0.25) is 9.59 Å². The van der Waals surface area contributed by atoms with Crippen LogP contribution in [0, 0.1) is 5.92 Å². The summed E-state index contributed by atoms with van der Waals surface area (Å²) in [7, 11) is 1.54. The standard InChI is InChI=1S/C24H28F3NO4/c1-17(2)16-32-23(30)5-4-12-28(14-18-6-10-21(31-3)11-7-18)22-13-20(24(25,26)27)9-8-19(22)15-29/h6-11,13,15,17H,4-5,12,14,16H2,1-3H3. The summed E-state index contributed by atoms with van der Waals surface area (Å²) in [5, 5.41) is 0. The molecule has 0 saturated carbocycles. The zero-order chi connectivity index (χ0) is 23.7. The lowest BCUT2D eigenvalue weighted by atomic mass is 10.1. The second-order valence-electron chi connectivity index (χ2n) is 7.84. The van der Waals surface area contributed by atoms with E-state index in [2.05, 4.69) is 0 Å². The molecule has 5 nitrogen and oxygen atoms in total. The first-order valence-electron chi connectivity index (χ1n) is 10.3. The summed E-state index contributed by atoms with van der Waals surface area (Å²) >= 11 is 0. The second kappa shape index (κ2) is 11.5. The average molecular weight is 451 g/mol. The second-order valence-corrected chi connectivity index (χ2v) is 7.84. The summed E-state index contributed by atoms with van der Waals surface area (Å²) in [6.07, 6.45) is -3.52. The molecule has 0 aliphatic rings. The van der Waals surface area contributed by atoms with Gasteiger partial charge in [0.05, 0.1) is 19.3 Å². The lowest BCUT2D eigenvalue weighted by Gasteiger charge is -2.27. The number of aldehydes is 1. The first kappa shape index (κ1) is 25.2. The number of alkyl halides is 3. The number of carbonyl (C=O) groups is 2. The van der Waals surface area contributed by atoms with Gasteiger partial charge in [0.15, 0.2) is 6.29 Å². The van der Waals surface area contributed by atoms with E-state index in [4.69, 9.17) is 9.47 Å². The van der Waals surface area contributed by atoms with Crippen molar-refractivity contribution < 1.29 is 32.2 Å². The zero-order valence-corrected chi connectivity index (χ0v) is 18.4. The summed E-state index contributed by atoms with van der Waals surface area (Å²) in [6.45, 7) is 4.70. The zero-order valence-electron chi connectivity index (χ0n) is 18.4. The molecule has 2 aromatic rings. The molecule has 2 aromatic carbocycles. The lowest BCUT2D eigenvalue weighted by Crippen LogP contribution is -2.26. The van der Waals surface area contributed by atoms with Crippen LogP contribution in [0.3, 0.4) is 0 Å². The van der Waals surface area contributed by atoms with E-state index in [0.717, 1.165) is 17.7 Å². The van der Waals surface area contributed by atoms with Gasteiger partial charge in [0, 0.05) is 30.8 Å². The van der Waals surface area contributed by atoms with Crippen molar-refractivity contribution in [3.8, 4) is 5.75 Å². The number of ether oxygens (including phenoxy) is 2. The summed E-state index contributed by atoms with van der Waals surface area (Å²) < 4.78 is 50.2. The molecule has 32 heavy (non-hydrogen) atoms. The number of esters is 1. The van der Waals surface area contributed by atoms with Crippen LogP contribution in [-0.2, 0) is 22.3 Å². The number of rotatable bonds is 11. The molecular formula is C24H28F3NO4. The van der Waals surface area contributed by atoms with E-state index in [-0.39, 0.29) is 42.6 Å². The molecule has 0 aliphatic carbocycles. The minimum atomic E-state index is -4.54. The Hall–Kier alpha value is -3.03. The molecule has 0 fully saturated rings. The highest BCUT2D eigenvalue weighted by atomic mass is 19.4. The van der Waals surface area contributed by atoms with Crippen LogP contribution in [-0.4, -0.2) is 32.5 Å². The molecule has 0 saturated heterocycles. The Morgan fingerprint density at radius 2 is 1.81 bits per heavy atom. The highest BCUT2D eigenvalue weighted by Gasteiger charge is 2.31. The molecule has 0 radical (unpaired) electrons. The van der Waals surface area contributed by atoms with Crippen molar-refractivity contribution in [2.45, 2.75) is 39.4 Å². The van der Waals surface area contributed by atoms with Gasteiger partial charge in [-0.05, 0) is 48.2 Å². The third-order valence-electron chi connectivity index (χ3n) is 4.74. The monoisotopic (exact) mass is 451 g/mol. The number of carbonyl (C=O) groups excluding carboxylic acids is 2. The Morgan fingerprint density at radius 3 is 2.38 bits per heavy atom. The number of methoxy groups -OCH3 is 1. The molecule has 0 atom stereocenters. The molecule has 0 spiro atoms. The number of hydrogen-bond acceptors (Lipinski definition) is 5. The molecular weight excluding hydrogens is 423 g/mol. The Balaban J connectivity index is 2.26. The summed E-state index contributed by atoms with van der Waals surface area (Å²) in [5.74, 6) is 0.509. The predicted molar refractivity (Wildman–Crippen MR) is 116 cm³/mol. The van der Waals surface area contributed by atoms with Crippen LogP contribution in [0.25, 0.3) is 0 Å². The van der Waals surface area contributed by atoms with Crippen LogP contribution in [0.1, 0.15) is 48.2 Å². The third kappa shape index (κ3) is 7.59. The van der Waals surface area contributed by atoms with Gasteiger partial charge in [-0.1, -0.05) is 26.0 Å². The van der Waals surface area contributed by atoms with Crippen LogP contribution >= 0.6 is 0 Å². The lowest BCUT2D eigenvalue weighted by molar-refractivity contribution is -0.144. The van der Waals surface area contributed by atoms with Crippen molar-refractivity contribution in [3.63, 3.8) is 0 Å². The van der Waals surface area contributed by atoms with Gasteiger partial charge in [-0.25, -0.2) is 0 Å². The van der Waals surface area contributed by atoms with E-state index in [1.54, 1.807) is 36.3 Å². The minimum absolute atomic E-state index is 0.126. The van der Waals surface area contributed by atoms with Crippen molar-refractivity contribution in [2.75, 3.05) is 25.2 Å². The number of hydrogen-bond donors (Lipinski definition) is 0. The number of benzene rings is 2. The number of halogens is 3. The Kier molecular flexibility index (Phi) is 9.11.